The van der Waals surface area contributed by atoms with Crippen molar-refractivity contribution in [2.24, 2.45) is 0 Å². The van der Waals surface area contributed by atoms with E-state index in [-0.39, 0.29) is 18.1 Å². The molecule has 0 aliphatic rings. The molecule has 0 saturated heterocycles. The van der Waals surface area contributed by atoms with Crippen LogP contribution in [0.15, 0.2) is 121 Å². The number of ether oxygens (including phenoxy) is 1. The van der Waals surface area contributed by atoms with Gasteiger partial charge in [0, 0.05) is 17.0 Å². The monoisotopic (exact) mass is 420 g/mol. The van der Waals surface area contributed by atoms with Crippen LogP contribution in [0.4, 0.5) is 0 Å². The van der Waals surface area contributed by atoms with Crippen LogP contribution < -0.4 is 0 Å². The SMILES string of the molecule is O=C(CC(c1ccccc1)c1ccccc1)OC(C(=O)c1ccccc1)c1ccccc1. The quantitative estimate of drug-likeness (QED) is 0.245. The average molecular weight is 421 g/mol. The third kappa shape index (κ3) is 5.19. The molecule has 0 fully saturated rings. The van der Waals surface area contributed by atoms with Crippen LogP contribution in [0.3, 0.4) is 0 Å². The zero-order chi connectivity index (χ0) is 22.2. The molecular weight excluding hydrogens is 396 g/mol. The summed E-state index contributed by atoms with van der Waals surface area (Å²) in [5.41, 5.74) is 3.23. The van der Waals surface area contributed by atoms with Gasteiger partial charge in [0.2, 0.25) is 5.78 Å². The van der Waals surface area contributed by atoms with Gasteiger partial charge in [-0.05, 0) is 11.1 Å². The van der Waals surface area contributed by atoms with Crippen LogP contribution in [0.1, 0.15) is 45.5 Å². The van der Waals surface area contributed by atoms with E-state index in [4.69, 9.17) is 4.74 Å². The second-order valence-electron chi connectivity index (χ2n) is 7.59. The van der Waals surface area contributed by atoms with Gasteiger partial charge in [-0.25, -0.2) is 0 Å². The lowest BCUT2D eigenvalue weighted by Crippen LogP contribution is -2.21. The maximum Gasteiger partial charge on any atom is 0.307 e. The first-order chi connectivity index (χ1) is 15.7. The number of hydrogen-bond acceptors (Lipinski definition) is 3. The molecule has 0 radical (unpaired) electrons. The van der Waals surface area contributed by atoms with Crippen LogP contribution >= 0.6 is 0 Å². The van der Waals surface area contributed by atoms with Crippen molar-refractivity contribution in [2.75, 3.05) is 0 Å². The van der Waals surface area contributed by atoms with Crippen LogP contribution in [-0.4, -0.2) is 11.8 Å². The van der Waals surface area contributed by atoms with Crippen molar-refractivity contribution in [3.05, 3.63) is 144 Å². The third-order valence-corrected chi connectivity index (χ3v) is 5.42. The Hall–Kier alpha value is -3.98. The number of rotatable bonds is 8. The summed E-state index contributed by atoms with van der Waals surface area (Å²) in [5, 5.41) is 0. The molecule has 3 nitrogen and oxygen atoms in total. The molecule has 4 aromatic carbocycles. The minimum absolute atomic E-state index is 0.138. The van der Waals surface area contributed by atoms with E-state index in [1.165, 1.54) is 0 Å². The van der Waals surface area contributed by atoms with Crippen molar-refractivity contribution >= 4 is 11.8 Å². The summed E-state index contributed by atoms with van der Waals surface area (Å²) in [6.45, 7) is 0. The topological polar surface area (TPSA) is 43.4 Å². The number of Topliss-reactive ketones (excluding diaryl/α,β-unsaturated/α-hetero) is 1. The fraction of sp³-hybridized carbons (Fsp3) is 0.103. The van der Waals surface area contributed by atoms with Gasteiger partial charge in [0.15, 0.2) is 6.10 Å². The standard InChI is InChI=1S/C29H24O3/c30-27(21-26(22-13-5-1-6-14-22)23-15-7-2-8-16-23)32-29(25-19-11-4-12-20-25)28(31)24-17-9-3-10-18-24/h1-20,26,29H,21H2. The van der Waals surface area contributed by atoms with Crippen molar-refractivity contribution in [1.82, 2.24) is 0 Å². The summed E-state index contributed by atoms with van der Waals surface area (Å²) in [7, 11) is 0. The molecule has 3 heteroatoms. The molecule has 0 bridgehead atoms. The zero-order valence-corrected chi connectivity index (χ0v) is 17.6. The van der Waals surface area contributed by atoms with E-state index < -0.39 is 12.1 Å². The third-order valence-electron chi connectivity index (χ3n) is 5.42. The highest BCUT2D eigenvalue weighted by molar-refractivity contribution is 6.01. The number of hydrogen-bond donors (Lipinski definition) is 0. The lowest BCUT2D eigenvalue weighted by atomic mass is 9.88. The highest BCUT2D eigenvalue weighted by Gasteiger charge is 2.28. The molecule has 0 aromatic heterocycles. The Bertz CT molecular complexity index is 1100. The van der Waals surface area contributed by atoms with Crippen molar-refractivity contribution in [2.45, 2.75) is 18.4 Å². The van der Waals surface area contributed by atoms with E-state index >= 15 is 0 Å². The van der Waals surface area contributed by atoms with Gasteiger partial charge in [-0.1, -0.05) is 121 Å². The predicted octanol–water partition coefficient (Wildman–Crippen LogP) is 6.38. The summed E-state index contributed by atoms with van der Waals surface area (Å²) >= 11 is 0. The maximum absolute atomic E-state index is 13.2. The highest BCUT2D eigenvalue weighted by atomic mass is 16.5. The van der Waals surface area contributed by atoms with Crippen LogP contribution in [0.2, 0.25) is 0 Å². The average Bonchev–Trinajstić information content (AvgIpc) is 2.87. The summed E-state index contributed by atoms with van der Waals surface area (Å²) < 4.78 is 5.84. The van der Waals surface area contributed by atoms with Crippen LogP contribution in [0.5, 0.6) is 0 Å². The minimum atomic E-state index is -0.988. The molecule has 0 amide bonds. The molecule has 0 saturated carbocycles. The zero-order valence-electron chi connectivity index (χ0n) is 17.6. The number of carbonyl (C=O) groups excluding carboxylic acids is 2. The van der Waals surface area contributed by atoms with Gasteiger partial charge in [-0.2, -0.15) is 0 Å². The van der Waals surface area contributed by atoms with Gasteiger partial charge in [-0.3, -0.25) is 9.59 Å². The number of carbonyl (C=O) groups is 2. The first-order valence-corrected chi connectivity index (χ1v) is 10.7. The molecule has 0 heterocycles. The molecule has 0 aliphatic heterocycles. The van der Waals surface area contributed by atoms with Gasteiger partial charge < -0.3 is 4.74 Å². The van der Waals surface area contributed by atoms with Gasteiger partial charge >= 0.3 is 5.97 Å². The smallest absolute Gasteiger partial charge is 0.307 e. The normalized spacial score (nSPS) is 11.7. The van der Waals surface area contributed by atoms with E-state index in [0.29, 0.717) is 11.1 Å². The van der Waals surface area contributed by atoms with E-state index in [2.05, 4.69) is 0 Å². The fourth-order valence-corrected chi connectivity index (χ4v) is 3.80. The van der Waals surface area contributed by atoms with Crippen molar-refractivity contribution in [1.29, 1.82) is 0 Å². The van der Waals surface area contributed by atoms with E-state index in [0.717, 1.165) is 11.1 Å². The second kappa shape index (κ2) is 10.4. The van der Waals surface area contributed by atoms with Crippen LogP contribution in [0.25, 0.3) is 0 Å². The van der Waals surface area contributed by atoms with E-state index in [1.54, 1.807) is 24.3 Å². The fourth-order valence-electron chi connectivity index (χ4n) is 3.80. The molecule has 4 aromatic rings. The van der Waals surface area contributed by atoms with Crippen LogP contribution in [-0.2, 0) is 9.53 Å². The first kappa shape index (κ1) is 21.3. The summed E-state index contributed by atoms with van der Waals surface area (Å²) in [4.78, 5) is 26.4. The van der Waals surface area contributed by atoms with Crippen molar-refractivity contribution in [3.8, 4) is 0 Å². The largest absolute Gasteiger partial charge is 0.449 e. The summed E-state index contributed by atoms with van der Waals surface area (Å²) in [5.74, 6) is -0.810. The molecule has 1 unspecified atom stereocenters. The highest BCUT2D eigenvalue weighted by Crippen LogP contribution is 2.30. The molecule has 0 aliphatic carbocycles. The minimum Gasteiger partial charge on any atom is -0.449 e. The van der Waals surface area contributed by atoms with Crippen molar-refractivity contribution < 1.29 is 14.3 Å². The molecule has 1 atom stereocenters. The van der Waals surface area contributed by atoms with E-state index in [1.807, 2.05) is 97.1 Å². The Morgan fingerprint density at radius 3 is 1.44 bits per heavy atom. The Kier molecular flexibility index (Phi) is 6.88. The first-order valence-electron chi connectivity index (χ1n) is 10.7. The molecule has 4 rings (SSSR count). The molecule has 158 valence electrons. The second-order valence-corrected chi connectivity index (χ2v) is 7.59. The van der Waals surface area contributed by atoms with Crippen molar-refractivity contribution in [3.63, 3.8) is 0 Å². The molecular formula is C29H24O3. The van der Waals surface area contributed by atoms with Gasteiger partial charge in [0.1, 0.15) is 0 Å². The summed E-state index contributed by atoms with van der Waals surface area (Å²) in [6.07, 6.45) is -0.849. The number of esters is 1. The van der Waals surface area contributed by atoms with E-state index in [9.17, 15) is 9.59 Å². The molecule has 32 heavy (non-hydrogen) atoms. The summed E-state index contributed by atoms with van der Waals surface area (Å²) in [6, 6.07) is 37.9. The predicted molar refractivity (Wildman–Crippen MR) is 125 cm³/mol. The van der Waals surface area contributed by atoms with Gasteiger partial charge in [0.25, 0.3) is 0 Å². The Balaban J connectivity index is 1.60. The maximum atomic E-state index is 13.2. The molecule has 0 spiro atoms. The Labute approximate surface area is 188 Å². The number of benzene rings is 4. The Morgan fingerprint density at radius 2 is 0.969 bits per heavy atom. The molecule has 0 N–H and O–H groups in total. The van der Waals surface area contributed by atoms with Crippen LogP contribution in [0, 0.1) is 0 Å². The lowest BCUT2D eigenvalue weighted by molar-refractivity contribution is -0.147. The number of ketones is 1. The lowest BCUT2D eigenvalue weighted by Gasteiger charge is -2.21. The van der Waals surface area contributed by atoms with Gasteiger partial charge in [-0.15, -0.1) is 0 Å². The van der Waals surface area contributed by atoms with Gasteiger partial charge in [0.05, 0.1) is 6.42 Å². The Morgan fingerprint density at radius 1 is 0.562 bits per heavy atom.